The van der Waals surface area contributed by atoms with E-state index < -0.39 is 0 Å². The molecule has 0 aliphatic carbocycles. The Balaban J connectivity index is 1.71. The first-order chi connectivity index (χ1) is 12.1. The Bertz CT molecular complexity index is 695. The Morgan fingerprint density at radius 2 is 1.76 bits per heavy atom. The fourth-order valence-electron chi connectivity index (χ4n) is 3.03. The molecule has 0 bridgehead atoms. The summed E-state index contributed by atoms with van der Waals surface area (Å²) in [7, 11) is 0. The molecule has 0 aromatic heterocycles. The average molecular weight is 359 g/mol. The van der Waals surface area contributed by atoms with Gasteiger partial charge in [-0.25, -0.2) is 0 Å². The zero-order valence-corrected chi connectivity index (χ0v) is 15.1. The maximum Gasteiger partial charge on any atom is 0.251 e. The van der Waals surface area contributed by atoms with Crippen LogP contribution in [0.2, 0.25) is 5.02 Å². The second kappa shape index (κ2) is 8.48. The first kappa shape index (κ1) is 17.9. The SMILES string of the molecule is Cc1ccc([C@H](CNC(=O)c2ccc(Cl)cc2)N2CCOCC2)cc1. The van der Waals surface area contributed by atoms with Crippen LogP contribution in [0.25, 0.3) is 0 Å². The molecule has 1 aliphatic heterocycles. The molecule has 4 nitrogen and oxygen atoms in total. The van der Waals surface area contributed by atoms with Crippen LogP contribution in [0.1, 0.15) is 27.5 Å². The van der Waals surface area contributed by atoms with E-state index in [-0.39, 0.29) is 11.9 Å². The highest BCUT2D eigenvalue weighted by atomic mass is 35.5. The highest BCUT2D eigenvalue weighted by Crippen LogP contribution is 2.22. The summed E-state index contributed by atoms with van der Waals surface area (Å²) >= 11 is 5.89. The standard InChI is InChI=1S/C20H23ClN2O2/c1-15-2-4-16(5-3-15)19(23-10-12-25-13-11-23)14-22-20(24)17-6-8-18(21)9-7-17/h2-9,19H,10-14H2,1H3,(H,22,24)/t19-/m0/s1. The van der Waals surface area contributed by atoms with Crippen LogP contribution < -0.4 is 5.32 Å². The zero-order valence-electron chi connectivity index (χ0n) is 14.4. The molecule has 1 saturated heterocycles. The number of halogens is 1. The maximum atomic E-state index is 12.4. The van der Waals surface area contributed by atoms with Crippen molar-refractivity contribution in [2.24, 2.45) is 0 Å². The van der Waals surface area contributed by atoms with Crippen LogP contribution in [0.4, 0.5) is 0 Å². The van der Waals surface area contributed by atoms with E-state index in [1.54, 1.807) is 24.3 Å². The van der Waals surface area contributed by atoms with Crippen molar-refractivity contribution >= 4 is 17.5 Å². The van der Waals surface area contributed by atoms with Gasteiger partial charge in [-0.05, 0) is 36.8 Å². The third-order valence-electron chi connectivity index (χ3n) is 4.51. The quantitative estimate of drug-likeness (QED) is 0.890. The van der Waals surface area contributed by atoms with Gasteiger partial charge in [0.25, 0.3) is 5.91 Å². The lowest BCUT2D eigenvalue weighted by molar-refractivity contribution is 0.0162. The highest BCUT2D eigenvalue weighted by molar-refractivity contribution is 6.30. The molecule has 1 atom stereocenters. The molecular weight excluding hydrogens is 336 g/mol. The Labute approximate surface area is 153 Å². The number of amides is 1. The number of morpholine rings is 1. The Kier molecular flexibility index (Phi) is 6.08. The van der Waals surface area contributed by atoms with E-state index in [0.29, 0.717) is 17.1 Å². The van der Waals surface area contributed by atoms with Crippen LogP contribution in [-0.2, 0) is 4.74 Å². The summed E-state index contributed by atoms with van der Waals surface area (Å²) in [5.74, 6) is -0.0814. The van der Waals surface area contributed by atoms with Crippen molar-refractivity contribution < 1.29 is 9.53 Å². The van der Waals surface area contributed by atoms with Crippen LogP contribution in [0, 0.1) is 6.92 Å². The number of aryl methyl sites for hydroxylation is 1. The summed E-state index contributed by atoms with van der Waals surface area (Å²) in [6.45, 7) is 5.84. The molecule has 1 N–H and O–H groups in total. The molecule has 0 spiro atoms. The van der Waals surface area contributed by atoms with Gasteiger partial charge in [0.15, 0.2) is 0 Å². The predicted molar refractivity (Wildman–Crippen MR) is 100 cm³/mol. The Morgan fingerprint density at radius 1 is 1.12 bits per heavy atom. The number of benzene rings is 2. The third-order valence-corrected chi connectivity index (χ3v) is 4.76. The van der Waals surface area contributed by atoms with Gasteiger partial charge >= 0.3 is 0 Å². The summed E-state index contributed by atoms with van der Waals surface area (Å²) < 4.78 is 5.47. The van der Waals surface area contributed by atoms with Gasteiger partial charge in [0, 0.05) is 30.2 Å². The number of hydrogen-bond donors (Lipinski definition) is 1. The van der Waals surface area contributed by atoms with E-state index in [0.717, 1.165) is 26.3 Å². The first-order valence-electron chi connectivity index (χ1n) is 8.55. The second-order valence-electron chi connectivity index (χ2n) is 6.29. The van der Waals surface area contributed by atoms with Gasteiger partial charge < -0.3 is 10.1 Å². The number of carbonyl (C=O) groups excluding carboxylic acids is 1. The van der Waals surface area contributed by atoms with Crippen LogP contribution in [0.3, 0.4) is 0 Å². The number of carbonyl (C=O) groups is 1. The van der Waals surface area contributed by atoms with E-state index in [1.165, 1.54) is 11.1 Å². The minimum atomic E-state index is -0.0814. The number of rotatable bonds is 5. The van der Waals surface area contributed by atoms with Crippen LogP contribution in [-0.4, -0.2) is 43.7 Å². The molecule has 1 heterocycles. The van der Waals surface area contributed by atoms with Crippen LogP contribution in [0.15, 0.2) is 48.5 Å². The van der Waals surface area contributed by atoms with E-state index in [4.69, 9.17) is 16.3 Å². The predicted octanol–water partition coefficient (Wildman–Crippen LogP) is 3.45. The van der Waals surface area contributed by atoms with Crippen molar-refractivity contribution in [3.63, 3.8) is 0 Å². The molecule has 1 amide bonds. The largest absolute Gasteiger partial charge is 0.379 e. The highest BCUT2D eigenvalue weighted by Gasteiger charge is 2.23. The topological polar surface area (TPSA) is 41.6 Å². The van der Waals surface area contributed by atoms with Crippen LogP contribution >= 0.6 is 11.6 Å². The van der Waals surface area contributed by atoms with Gasteiger partial charge in [0.2, 0.25) is 0 Å². The Morgan fingerprint density at radius 3 is 2.40 bits per heavy atom. The van der Waals surface area contributed by atoms with Gasteiger partial charge in [-0.3, -0.25) is 9.69 Å². The third kappa shape index (κ3) is 4.82. The minimum Gasteiger partial charge on any atom is -0.379 e. The molecule has 1 aliphatic rings. The smallest absolute Gasteiger partial charge is 0.251 e. The lowest BCUT2D eigenvalue weighted by Gasteiger charge is -2.35. The second-order valence-corrected chi connectivity index (χ2v) is 6.73. The number of hydrogen-bond acceptors (Lipinski definition) is 3. The van der Waals surface area contributed by atoms with Gasteiger partial charge in [0.1, 0.15) is 0 Å². The summed E-state index contributed by atoms with van der Waals surface area (Å²) in [6, 6.07) is 15.6. The minimum absolute atomic E-state index is 0.0814. The molecular formula is C20H23ClN2O2. The molecule has 0 saturated carbocycles. The summed E-state index contributed by atoms with van der Waals surface area (Å²) in [4.78, 5) is 14.8. The number of nitrogens with zero attached hydrogens (tertiary/aromatic N) is 1. The van der Waals surface area contributed by atoms with Gasteiger partial charge in [-0.15, -0.1) is 0 Å². The van der Waals surface area contributed by atoms with Gasteiger partial charge in [-0.1, -0.05) is 41.4 Å². The van der Waals surface area contributed by atoms with Crippen LogP contribution in [0.5, 0.6) is 0 Å². The lowest BCUT2D eigenvalue weighted by Crippen LogP contribution is -2.43. The maximum absolute atomic E-state index is 12.4. The molecule has 5 heteroatoms. The van der Waals surface area contributed by atoms with E-state index >= 15 is 0 Å². The fraction of sp³-hybridized carbons (Fsp3) is 0.350. The summed E-state index contributed by atoms with van der Waals surface area (Å²) in [5.41, 5.74) is 3.06. The van der Waals surface area contributed by atoms with E-state index in [1.807, 2.05) is 0 Å². The molecule has 132 valence electrons. The van der Waals surface area contributed by atoms with E-state index in [9.17, 15) is 4.79 Å². The molecule has 2 aromatic rings. The average Bonchev–Trinajstić information content (AvgIpc) is 2.64. The molecule has 2 aromatic carbocycles. The zero-order chi connectivity index (χ0) is 17.6. The number of nitrogens with one attached hydrogen (secondary N) is 1. The van der Waals surface area contributed by atoms with Crippen molar-refractivity contribution in [3.05, 3.63) is 70.2 Å². The summed E-state index contributed by atoms with van der Waals surface area (Å²) in [6.07, 6.45) is 0. The summed E-state index contributed by atoms with van der Waals surface area (Å²) in [5, 5.41) is 3.69. The van der Waals surface area contributed by atoms with Crippen molar-refractivity contribution in [2.45, 2.75) is 13.0 Å². The van der Waals surface area contributed by atoms with Gasteiger partial charge in [0.05, 0.1) is 19.3 Å². The number of ether oxygens (including phenoxy) is 1. The molecule has 1 fully saturated rings. The van der Waals surface area contributed by atoms with Crippen molar-refractivity contribution in [2.75, 3.05) is 32.8 Å². The fourth-order valence-corrected chi connectivity index (χ4v) is 3.15. The lowest BCUT2D eigenvalue weighted by atomic mass is 10.0. The van der Waals surface area contributed by atoms with Crippen molar-refractivity contribution in [1.29, 1.82) is 0 Å². The van der Waals surface area contributed by atoms with Crippen molar-refractivity contribution in [3.8, 4) is 0 Å². The Hall–Kier alpha value is -1.88. The molecule has 0 radical (unpaired) electrons. The van der Waals surface area contributed by atoms with Gasteiger partial charge in [-0.2, -0.15) is 0 Å². The molecule has 25 heavy (non-hydrogen) atoms. The molecule has 3 rings (SSSR count). The van der Waals surface area contributed by atoms with Crippen molar-refractivity contribution in [1.82, 2.24) is 10.2 Å². The normalized spacial score (nSPS) is 16.4. The van der Waals surface area contributed by atoms with E-state index in [2.05, 4.69) is 41.4 Å². The monoisotopic (exact) mass is 358 g/mol. The first-order valence-corrected chi connectivity index (χ1v) is 8.93. The molecule has 0 unspecified atom stereocenters.